The average Bonchev–Trinajstić information content (AvgIpc) is 3.29. The van der Waals surface area contributed by atoms with E-state index in [0.29, 0.717) is 12.8 Å². The molecule has 0 bridgehead atoms. The molecule has 2 aliphatic rings. The second kappa shape index (κ2) is 36.6. The fraction of sp³-hybridized carbons (Fsp3) is 0.796. The summed E-state index contributed by atoms with van der Waals surface area (Å²) in [5, 5.41) is 71.9. The zero-order valence-electron chi connectivity index (χ0n) is 38.8. The van der Waals surface area contributed by atoms with Crippen LogP contribution in [0.3, 0.4) is 0 Å². The number of hydrogen-bond donors (Lipinski definition) is 7. The van der Waals surface area contributed by atoms with Crippen LogP contribution in [-0.2, 0) is 38.0 Å². The van der Waals surface area contributed by atoms with Crippen LogP contribution >= 0.6 is 0 Å². The number of aliphatic hydroxyl groups is 7. The van der Waals surface area contributed by atoms with Gasteiger partial charge in [0, 0.05) is 12.8 Å². The molecule has 11 unspecified atom stereocenters. The Morgan fingerprint density at radius 3 is 1.55 bits per heavy atom. The van der Waals surface area contributed by atoms with Crippen molar-refractivity contribution >= 4 is 11.9 Å². The summed E-state index contributed by atoms with van der Waals surface area (Å²) in [4.78, 5) is 25.6. The topological polar surface area (TPSA) is 231 Å². The lowest BCUT2D eigenvalue weighted by atomic mass is 9.98. The fourth-order valence-corrected chi connectivity index (χ4v) is 7.32. The molecule has 0 aromatic heterocycles. The Bertz CT molecular complexity index is 1300. The van der Waals surface area contributed by atoms with Crippen molar-refractivity contribution in [3.63, 3.8) is 0 Å². The highest BCUT2D eigenvalue weighted by atomic mass is 16.7. The number of rotatable bonds is 36. The second-order valence-electron chi connectivity index (χ2n) is 16.9. The lowest BCUT2D eigenvalue weighted by Crippen LogP contribution is -2.61. The maximum absolute atomic E-state index is 13.0. The Labute approximate surface area is 382 Å². The smallest absolute Gasteiger partial charge is 0.306 e. The molecule has 2 saturated heterocycles. The van der Waals surface area contributed by atoms with Crippen LogP contribution in [0.5, 0.6) is 0 Å². The van der Waals surface area contributed by atoms with Crippen LogP contribution in [0.2, 0.25) is 0 Å². The first-order valence-electron chi connectivity index (χ1n) is 24.2. The zero-order chi connectivity index (χ0) is 46.8. The number of aliphatic hydroxyl groups excluding tert-OH is 7. The van der Waals surface area contributed by atoms with E-state index < -0.39 is 92.7 Å². The molecule has 0 amide bonds. The summed E-state index contributed by atoms with van der Waals surface area (Å²) in [6.45, 7) is 2.42. The summed E-state index contributed by atoms with van der Waals surface area (Å²) >= 11 is 0. The van der Waals surface area contributed by atoms with E-state index in [2.05, 4.69) is 62.5 Å². The van der Waals surface area contributed by atoms with Gasteiger partial charge in [-0.05, 0) is 51.4 Å². The predicted molar refractivity (Wildman–Crippen MR) is 243 cm³/mol. The first-order valence-corrected chi connectivity index (χ1v) is 24.2. The van der Waals surface area contributed by atoms with Gasteiger partial charge in [0.25, 0.3) is 0 Å². The molecule has 7 N–H and O–H groups in total. The molecule has 15 nitrogen and oxygen atoms in total. The normalized spacial score (nSPS) is 27.0. The third-order valence-electron chi connectivity index (χ3n) is 11.3. The number of carbonyl (C=O) groups is 2. The highest BCUT2D eigenvalue weighted by Gasteiger charge is 2.47. The Morgan fingerprint density at radius 2 is 0.984 bits per heavy atom. The zero-order valence-corrected chi connectivity index (χ0v) is 38.8. The van der Waals surface area contributed by atoms with Crippen molar-refractivity contribution in [3.05, 3.63) is 48.6 Å². The van der Waals surface area contributed by atoms with E-state index in [0.717, 1.165) is 83.5 Å². The molecule has 0 saturated carbocycles. The summed E-state index contributed by atoms with van der Waals surface area (Å²) in [6.07, 6.45) is 21.5. The molecule has 2 aliphatic heterocycles. The van der Waals surface area contributed by atoms with Crippen LogP contribution in [-0.4, -0.2) is 142 Å². The van der Waals surface area contributed by atoms with Gasteiger partial charge < -0.3 is 64.2 Å². The third-order valence-corrected chi connectivity index (χ3v) is 11.3. The van der Waals surface area contributed by atoms with E-state index in [9.17, 15) is 45.3 Å². The number of esters is 2. The van der Waals surface area contributed by atoms with E-state index >= 15 is 0 Å². The van der Waals surface area contributed by atoms with Crippen molar-refractivity contribution in [2.75, 3.05) is 26.4 Å². The quantitative estimate of drug-likeness (QED) is 0.0220. The molecule has 11 atom stereocenters. The Balaban J connectivity index is 1.81. The molecule has 2 rings (SSSR count). The highest BCUT2D eigenvalue weighted by Crippen LogP contribution is 2.26. The minimum Gasteiger partial charge on any atom is -0.462 e. The molecule has 0 radical (unpaired) electrons. The Hall–Kier alpha value is -2.54. The SMILES string of the molecule is CC/C=C\C/C=C\C/C=C\C/C=C\CCCCCCCCC(=O)OC(COC(=O)CCCCCCCCCCC)COC1OC(COC2OC(CO)C(O)C(O)C2O)C(O)C(O)C1O. The number of ether oxygens (including phenoxy) is 6. The largest absolute Gasteiger partial charge is 0.462 e. The molecule has 64 heavy (non-hydrogen) atoms. The minimum atomic E-state index is -1.77. The van der Waals surface area contributed by atoms with E-state index in [4.69, 9.17) is 28.4 Å². The van der Waals surface area contributed by atoms with Crippen molar-refractivity contribution in [2.24, 2.45) is 0 Å². The molecular formula is C49H84O15. The molecule has 0 spiro atoms. The van der Waals surface area contributed by atoms with Gasteiger partial charge >= 0.3 is 11.9 Å². The first-order chi connectivity index (χ1) is 31.0. The van der Waals surface area contributed by atoms with Crippen LogP contribution < -0.4 is 0 Å². The van der Waals surface area contributed by atoms with Crippen LogP contribution in [0.25, 0.3) is 0 Å². The average molecular weight is 913 g/mol. The minimum absolute atomic E-state index is 0.148. The van der Waals surface area contributed by atoms with Gasteiger partial charge in [-0.15, -0.1) is 0 Å². The Morgan fingerprint density at radius 1 is 0.516 bits per heavy atom. The number of allylic oxidation sites excluding steroid dienone is 8. The summed E-state index contributed by atoms with van der Waals surface area (Å²) in [6, 6.07) is 0. The number of unbranched alkanes of at least 4 members (excludes halogenated alkanes) is 14. The summed E-state index contributed by atoms with van der Waals surface area (Å²) in [5.41, 5.74) is 0. The van der Waals surface area contributed by atoms with Gasteiger partial charge in [0.05, 0.1) is 19.8 Å². The van der Waals surface area contributed by atoms with E-state index in [-0.39, 0.29) is 26.1 Å². The van der Waals surface area contributed by atoms with E-state index in [1.165, 1.54) is 32.1 Å². The molecule has 0 aliphatic carbocycles. The van der Waals surface area contributed by atoms with E-state index in [1.807, 2.05) is 0 Å². The van der Waals surface area contributed by atoms with E-state index in [1.54, 1.807) is 0 Å². The van der Waals surface area contributed by atoms with Gasteiger partial charge in [-0.3, -0.25) is 9.59 Å². The van der Waals surface area contributed by atoms with Gasteiger partial charge in [-0.25, -0.2) is 0 Å². The predicted octanol–water partition coefficient (Wildman–Crippen LogP) is 5.93. The van der Waals surface area contributed by atoms with Gasteiger partial charge in [0.1, 0.15) is 55.4 Å². The standard InChI is InChI=1S/C49H84O15/c1-3-5-7-9-11-13-14-15-16-17-18-19-20-21-22-24-26-28-30-32-41(52)62-37(34-59-40(51)31-29-27-25-23-12-10-8-6-4-2)35-60-48-47(58)45(56)43(54)39(64-48)36-61-49-46(57)44(55)42(53)38(33-50)63-49/h5,7,11,13,15-16,18-19,37-39,42-50,53-58H,3-4,6,8-10,12,14,17,20-36H2,1-2H3/b7-5-,13-11-,16-15-,19-18-. The maximum atomic E-state index is 13.0. The van der Waals surface area contributed by atoms with Gasteiger partial charge in [0.15, 0.2) is 18.7 Å². The molecule has 15 heteroatoms. The molecule has 0 aromatic rings. The van der Waals surface area contributed by atoms with Crippen LogP contribution in [0.4, 0.5) is 0 Å². The molecule has 0 aromatic carbocycles. The first kappa shape index (κ1) is 57.6. The Kier molecular flexibility index (Phi) is 32.9. The van der Waals surface area contributed by atoms with Crippen LogP contribution in [0.15, 0.2) is 48.6 Å². The van der Waals surface area contributed by atoms with Crippen LogP contribution in [0, 0.1) is 0 Å². The van der Waals surface area contributed by atoms with Crippen molar-refractivity contribution in [1.82, 2.24) is 0 Å². The summed E-state index contributed by atoms with van der Waals surface area (Å²) in [7, 11) is 0. The maximum Gasteiger partial charge on any atom is 0.306 e. The lowest BCUT2D eigenvalue weighted by Gasteiger charge is -2.42. The highest BCUT2D eigenvalue weighted by molar-refractivity contribution is 5.70. The molecule has 2 fully saturated rings. The fourth-order valence-electron chi connectivity index (χ4n) is 7.32. The van der Waals surface area contributed by atoms with Crippen molar-refractivity contribution in [3.8, 4) is 0 Å². The second-order valence-corrected chi connectivity index (χ2v) is 16.9. The monoisotopic (exact) mass is 913 g/mol. The van der Waals surface area contributed by atoms with Crippen LogP contribution in [0.1, 0.15) is 155 Å². The van der Waals surface area contributed by atoms with Gasteiger partial charge in [-0.1, -0.05) is 140 Å². The van der Waals surface area contributed by atoms with Crippen molar-refractivity contribution in [2.45, 2.75) is 223 Å². The summed E-state index contributed by atoms with van der Waals surface area (Å²) < 4.78 is 33.5. The van der Waals surface area contributed by atoms with Gasteiger partial charge in [-0.2, -0.15) is 0 Å². The molecular weight excluding hydrogens is 829 g/mol. The lowest BCUT2D eigenvalue weighted by molar-refractivity contribution is -0.332. The number of carbonyl (C=O) groups excluding carboxylic acids is 2. The van der Waals surface area contributed by atoms with Gasteiger partial charge in [0.2, 0.25) is 0 Å². The summed E-state index contributed by atoms with van der Waals surface area (Å²) in [5.74, 6) is -0.946. The number of hydrogen-bond acceptors (Lipinski definition) is 15. The van der Waals surface area contributed by atoms with Crippen molar-refractivity contribution < 1.29 is 73.8 Å². The van der Waals surface area contributed by atoms with Crippen molar-refractivity contribution in [1.29, 1.82) is 0 Å². The molecule has 2 heterocycles. The third kappa shape index (κ3) is 24.8. The molecule has 370 valence electrons.